The van der Waals surface area contributed by atoms with Gasteiger partial charge in [0.15, 0.2) is 5.41 Å². The van der Waals surface area contributed by atoms with Crippen molar-refractivity contribution in [2.75, 3.05) is 0 Å². The Labute approximate surface area is 123 Å². The van der Waals surface area contributed by atoms with Crippen LogP contribution in [0.1, 0.15) is 66.6 Å². The molecule has 0 rings (SSSR count). The van der Waals surface area contributed by atoms with E-state index in [0.29, 0.717) is 12.8 Å². The Balaban J connectivity index is -0.00000128. The molecule has 0 radical (unpaired) electrons. The summed E-state index contributed by atoms with van der Waals surface area (Å²) in [5, 5.41) is 18.3. The topological polar surface area (TPSA) is 74.6 Å². The first-order valence-electron chi connectivity index (χ1n) is 6.48. The van der Waals surface area contributed by atoms with Gasteiger partial charge >= 0.3 is 30.8 Å². The fourth-order valence-electron chi connectivity index (χ4n) is 2.10. The molecule has 0 aliphatic heterocycles. The van der Waals surface area contributed by atoms with Crippen LogP contribution in [0.25, 0.3) is 0 Å². The van der Waals surface area contributed by atoms with Crippen molar-refractivity contribution >= 4 is 11.9 Å². The second-order valence-corrected chi connectivity index (χ2v) is 4.61. The van der Waals surface area contributed by atoms with Gasteiger partial charge in [-0.2, -0.15) is 0 Å². The summed E-state index contributed by atoms with van der Waals surface area (Å²) in [7, 11) is 0. The van der Waals surface area contributed by atoms with E-state index in [1.54, 1.807) is 0 Å². The summed E-state index contributed by atoms with van der Waals surface area (Å²) in [6, 6.07) is 0. The molecule has 0 fully saturated rings. The van der Waals surface area contributed by atoms with E-state index in [1.807, 2.05) is 6.92 Å². The molecule has 0 aliphatic rings. The predicted octanol–water partition coefficient (Wildman–Crippen LogP) is 0.419. The zero-order valence-electron chi connectivity index (χ0n) is 12.9. The van der Waals surface area contributed by atoms with Crippen molar-refractivity contribution in [2.24, 2.45) is 5.41 Å². The van der Waals surface area contributed by atoms with Crippen molar-refractivity contribution in [2.45, 2.75) is 65.2 Å². The van der Waals surface area contributed by atoms with E-state index >= 15 is 0 Å². The minimum Gasteiger partial charge on any atom is -1.00 e. The smallest absolute Gasteiger partial charge is 1.00 e. The Bertz CT molecular complexity index is 245. The largest absolute Gasteiger partial charge is 1.00 e. The Hall–Kier alpha value is -0.463. The van der Waals surface area contributed by atoms with Crippen molar-refractivity contribution in [1.29, 1.82) is 0 Å². The summed E-state index contributed by atoms with van der Waals surface area (Å²) in [5.74, 6) is -2.38. The van der Waals surface area contributed by atoms with Gasteiger partial charge in [-0.15, -0.1) is 0 Å². The van der Waals surface area contributed by atoms with Crippen LogP contribution in [0.2, 0.25) is 0 Å². The van der Waals surface area contributed by atoms with Crippen LogP contribution in [0, 0.1) is 5.41 Å². The molecule has 2 N–H and O–H groups in total. The molecule has 0 amide bonds. The number of aliphatic carboxylic acids is 2. The predicted molar refractivity (Wildman–Crippen MR) is 67.1 cm³/mol. The molecule has 18 heavy (non-hydrogen) atoms. The van der Waals surface area contributed by atoms with Crippen LogP contribution in [-0.2, 0) is 9.59 Å². The van der Waals surface area contributed by atoms with Crippen molar-refractivity contribution in [3.8, 4) is 0 Å². The van der Waals surface area contributed by atoms with Crippen LogP contribution in [0.5, 0.6) is 0 Å². The van der Waals surface area contributed by atoms with Gasteiger partial charge in [0.05, 0.1) is 0 Å². The molecule has 5 heteroatoms. The summed E-state index contributed by atoms with van der Waals surface area (Å²) in [6.45, 7) is 3.92. The van der Waals surface area contributed by atoms with Gasteiger partial charge in [0.1, 0.15) is 0 Å². The third-order valence-electron chi connectivity index (χ3n) is 3.20. The van der Waals surface area contributed by atoms with E-state index in [-0.39, 0.29) is 33.1 Å². The number of carbonyl (C=O) groups is 2. The molecular weight excluding hydrogens is 227 g/mol. The SMILES string of the molecule is CCCCCCCC(CCC)(C(=O)O)C(=O)O.[H-].[Li+]. The first kappa shape index (κ1) is 19.9. The summed E-state index contributed by atoms with van der Waals surface area (Å²) in [4.78, 5) is 22.4. The minimum absolute atomic E-state index is 0. The fraction of sp³-hybridized carbons (Fsp3) is 0.846. The molecule has 0 saturated carbocycles. The van der Waals surface area contributed by atoms with Gasteiger partial charge in [-0.3, -0.25) is 9.59 Å². The standard InChI is InChI=1S/C13H24O4.Li.H/c1-3-5-6-7-8-10-13(9-4-2,11(14)15)12(16)17;;/h3-10H2,1-2H3,(H,14,15)(H,16,17);;/q;+1;-1. The van der Waals surface area contributed by atoms with Crippen LogP contribution in [0.3, 0.4) is 0 Å². The number of hydrogen-bond acceptors (Lipinski definition) is 2. The van der Waals surface area contributed by atoms with E-state index in [1.165, 1.54) is 0 Å². The molecule has 0 spiro atoms. The molecule has 4 nitrogen and oxygen atoms in total. The van der Waals surface area contributed by atoms with Gasteiger partial charge in [-0.1, -0.05) is 52.4 Å². The molecule has 0 aromatic heterocycles. The van der Waals surface area contributed by atoms with Crippen LogP contribution in [-0.4, -0.2) is 22.2 Å². The average molecular weight is 252 g/mol. The van der Waals surface area contributed by atoms with E-state index in [0.717, 1.165) is 25.7 Å². The molecule has 0 aliphatic carbocycles. The number of hydrogen-bond donors (Lipinski definition) is 2. The molecule has 0 aromatic carbocycles. The van der Waals surface area contributed by atoms with Crippen LogP contribution < -0.4 is 18.9 Å². The van der Waals surface area contributed by atoms with Crippen molar-refractivity contribution in [3.05, 3.63) is 0 Å². The number of rotatable bonds is 10. The van der Waals surface area contributed by atoms with Gasteiger partial charge in [-0.25, -0.2) is 0 Å². The fourth-order valence-corrected chi connectivity index (χ4v) is 2.10. The Morgan fingerprint density at radius 3 is 1.78 bits per heavy atom. The minimum atomic E-state index is -1.57. The Morgan fingerprint density at radius 1 is 0.889 bits per heavy atom. The molecular formula is C13H25LiO4. The third kappa shape index (κ3) is 5.93. The van der Waals surface area contributed by atoms with Crippen molar-refractivity contribution in [3.63, 3.8) is 0 Å². The molecule has 0 saturated heterocycles. The van der Waals surface area contributed by atoms with Gasteiger partial charge in [-0.05, 0) is 12.8 Å². The van der Waals surface area contributed by atoms with E-state index < -0.39 is 17.4 Å². The van der Waals surface area contributed by atoms with Crippen LogP contribution >= 0.6 is 0 Å². The quantitative estimate of drug-likeness (QED) is 0.336. The molecule has 0 atom stereocenters. The average Bonchev–Trinajstić information content (AvgIpc) is 2.26. The Morgan fingerprint density at radius 2 is 1.39 bits per heavy atom. The Kier molecular flexibility index (Phi) is 11.5. The second-order valence-electron chi connectivity index (χ2n) is 4.61. The van der Waals surface area contributed by atoms with Crippen molar-refractivity contribution in [1.82, 2.24) is 0 Å². The normalized spacial score (nSPS) is 10.8. The van der Waals surface area contributed by atoms with E-state index in [2.05, 4.69) is 6.92 Å². The van der Waals surface area contributed by atoms with Gasteiger partial charge in [0.25, 0.3) is 0 Å². The maximum atomic E-state index is 11.2. The van der Waals surface area contributed by atoms with Gasteiger partial charge < -0.3 is 11.6 Å². The van der Waals surface area contributed by atoms with E-state index in [4.69, 9.17) is 10.2 Å². The molecule has 0 heterocycles. The number of carboxylic acids is 2. The van der Waals surface area contributed by atoms with Gasteiger partial charge in [0, 0.05) is 0 Å². The number of unbranched alkanes of at least 4 members (excludes halogenated alkanes) is 4. The van der Waals surface area contributed by atoms with Gasteiger partial charge in [0.2, 0.25) is 0 Å². The molecule has 0 unspecified atom stereocenters. The first-order valence-corrected chi connectivity index (χ1v) is 6.48. The molecule has 0 bridgehead atoms. The van der Waals surface area contributed by atoms with E-state index in [9.17, 15) is 9.59 Å². The second kappa shape index (κ2) is 10.5. The monoisotopic (exact) mass is 252 g/mol. The molecule has 102 valence electrons. The van der Waals surface area contributed by atoms with Crippen LogP contribution in [0.4, 0.5) is 0 Å². The summed E-state index contributed by atoms with van der Waals surface area (Å²) in [6.07, 6.45) is 5.93. The van der Waals surface area contributed by atoms with Crippen LogP contribution in [0.15, 0.2) is 0 Å². The maximum Gasteiger partial charge on any atom is 1.00 e. The third-order valence-corrected chi connectivity index (χ3v) is 3.20. The molecule has 0 aromatic rings. The zero-order valence-corrected chi connectivity index (χ0v) is 11.9. The maximum absolute atomic E-state index is 11.2. The first-order chi connectivity index (χ1) is 8.01. The summed E-state index contributed by atoms with van der Waals surface area (Å²) in [5.41, 5.74) is -1.57. The summed E-state index contributed by atoms with van der Waals surface area (Å²) >= 11 is 0. The number of carboxylic acid groups (broad SMARTS) is 2. The summed E-state index contributed by atoms with van der Waals surface area (Å²) < 4.78 is 0. The van der Waals surface area contributed by atoms with Crippen molar-refractivity contribution < 1.29 is 40.1 Å². The zero-order chi connectivity index (χ0) is 13.3.